The Bertz CT molecular complexity index is 928. The molecule has 0 aliphatic carbocycles. The van der Waals surface area contributed by atoms with Crippen LogP contribution in [-0.4, -0.2) is 88.4 Å². The van der Waals surface area contributed by atoms with Crippen LogP contribution in [0.2, 0.25) is 0 Å². The van der Waals surface area contributed by atoms with E-state index in [1.807, 2.05) is 36.9 Å². The van der Waals surface area contributed by atoms with Gasteiger partial charge in [0.2, 0.25) is 0 Å². The molecule has 0 bridgehead atoms. The lowest BCUT2D eigenvalue weighted by molar-refractivity contribution is -0.121. The molecule has 0 unspecified atom stereocenters. The van der Waals surface area contributed by atoms with E-state index in [1.54, 1.807) is 27.4 Å². The van der Waals surface area contributed by atoms with Gasteiger partial charge in [-0.25, -0.2) is 4.98 Å². The molecule has 3 rings (SSSR count). The van der Waals surface area contributed by atoms with Crippen molar-refractivity contribution in [2.75, 3.05) is 54.2 Å². The molecule has 188 valence electrons. The summed E-state index contributed by atoms with van der Waals surface area (Å²) in [5, 5.41) is 4.16. The maximum atomic E-state index is 13.8. The van der Waals surface area contributed by atoms with E-state index in [-0.39, 0.29) is 24.6 Å². The molecule has 0 spiro atoms. The third kappa shape index (κ3) is 6.35. The summed E-state index contributed by atoms with van der Waals surface area (Å²) in [6.45, 7) is 6.79. The van der Waals surface area contributed by atoms with Gasteiger partial charge in [-0.2, -0.15) is 0 Å². The molecule has 1 fully saturated rings. The van der Waals surface area contributed by atoms with E-state index >= 15 is 0 Å². The number of aromatic nitrogens is 1. The number of hydrogen-bond acceptors (Lipinski definition) is 8. The maximum absolute atomic E-state index is 13.8. The number of rotatable bonds is 12. The van der Waals surface area contributed by atoms with Crippen molar-refractivity contribution in [2.24, 2.45) is 0 Å². The highest BCUT2D eigenvalue weighted by Gasteiger charge is 2.30. The van der Waals surface area contributed by atoms with Gasteiger partial charge in [-0.05, 0) is 45.4 Å². The molecular weight excluding hydrogens is 438 g/mol. The van der Waals surface area contributed by atoms with Crippen LogP contribution in [0.1, 0.15) is 37.2 Å². The van der Waals surface area contributed by atoms with Crippen LogP contribution in [-0.2, 0) is 14.2 Å². The Morgan fingerprint density at radius 3 is 2.59 bits per heavy atom. The number of ether oxygens (including phenoxy) is 5. The predicted molar refractivity (Wildman–Crippen MR) is 130 cm³/mol. The number of pyridine rings is 1. The lowest BCUT2D eigenvalue weighted by Crippen LogP contribution is -2.51. The number of methoxy groups -OCH3 is 3. The number of fused-ring (bicyclic) bond motifs is 1. The molecule has 1 N–H and O–H groups in total. The van der Waals surface area contributed by atoms with E-state index in [0.717, 1.165) is 31.3 Å². The second kappa shape index (κ2) is 12.9. The number of nitrogens with zero attached hydrogens (tertiary/aromatic N) is 2. The first-order chi connectivity index (χ1) is 16.5. The molecule has 2 heterocycles. The summed E-state index contributed by atoms with van der Waals surface area (Å²) >= 11 is 0. The SMILES string of the molecule is COCCOc1cc(C(=O)N(C(C)C)[C@@H]2CCCNC2)nc2c(OCC(OC)OC)cccc12. The molecule has 1 aliphatic heterocycles. The van der Waals surface area contributed by atoms with Crippen LogP contribution < -0.4 is 14.8 Å². The van der Waals surface area contributed by atoms with E-state index in [9.17, 15) is 4.79 Å². The monoisotopic (exact) mass is 475 g/mol. The molecule has 2 aromatic rings. The number of hydrogen-bond donors (Lipinski definition) is 1. The summed E-state index contributed by atoms with van der Waals surface area (Å²) in [6, 6.07) is 7.46. The highest BCUT2D eigenvalue weighted by atomic mass is 16.7. The van der Waals surface area contributed by atoms with Gasteiger partial charge in [-0.1, -0.05) is 6.07 Å². The first-order valence-electron chi connectivity index (χ1n) is 11.8. The molecule has 1 aromatic heterocycles. The average molecular weight is 476 g/mol. The van der Waals surface area contributed by atoms with Gasteiger partial charge in [0.1, 0.15) is 35.9 Å². The van der Waals surface area contributed by atoms with Crippen LogP contribution in [0.25, 0.3) is 10.9 Å². The molecule has 1 saturated heterocycles. The topological polar surface area (TPSA) is 91.4 Å². The molecule has 1 amide bonds. The first-order valence-corrected chi connectivity index (χ1v) is 11.8. The highest BCUT2D eigenvalue weighted by Crippen LogP contribution is 2.33. The Labute approximate surface area is 201 Å². The third-order valence-corrected chi connectivity index (χ3v) is 5.88. The van der Waals surface area contributed by atoms with Gasteiger partial charge in [-0.15, -0.1) is 0 Å². The normalized spacial score (nSPS) is 16.3. The van der Waals surface area contributed by atoms with Crippen LogP contribution in [0.5, 0.6) is 11.5 Å². The van der Waals surface area contributed by atoms with E-state index in [0.29, 0.717) is 35.9 Å². The van der Waals surface area contributed by atoms with Crippen molar-refractivity contribution >= 4 is 16.8 Å². The number of benzene rings is 1. The minimum absolute atomic E-state index is 0.0309. The van der Waals surface area contributed by atoms with Crippen LogP contribution in [0, 0.1) is 0 Å². The fourth-order valence-corrected chi connectivity index (χ4v) is 4.19. The smallest absolute Gasteiger partial charge is 0.273 e. The summed E-state index contributed by atoms with van der Waals surface area (Å²) < 4.78 is 27.6. The Morgan fingerprint density at radius 2 is 1.94 bits per heavy atom. The van der Waals surface area contributed by atoms with Crippen LogP contribution in [0.15, 0.2) is 24.3 Å². The van der Waals surface area contributed by atoms with E-state index in [2.05, 4.69) is 5.32 Å². The van der Waals surface area contributed by atoms with Crippen LogP contribution in [0.3, 0.4) is 0 Å². The number of carbonyl (C=O) groups is 1. The lowest BCUT2D eigenvalue weighted by Gasteiger charge is -2.37. The standard InChI is InChI=1S/C25H37N3O6/c1-17(2)28(18-8-7-11-26-15-18)25(29)20-14-22(33-13-12-30-3)19-9-6-10-21(24(19)27-20)34-16-23(31-4)32-5/h6,9-10,14,17-18,23,26H,7-8,11-13,15-16H2,1-5H3/t18-/m1/s1. The molecule has 9 nitrogen and oxygen atoms in total. The molecule has 0 radical (unpaired) electrons. The summed E-state index contributed by atoms with van der Waals surface area (Å²) in [7, 11) is 4.73. The maximum Gasteiger partial charge on any atom is 0.273 e. The molecular formula is C25H37N3O6. The predicted octanol–water partition coefficient (Wildman–Crippen LogP) is 2.86. The van der Waals surface area contributed by atoms with E-state index < -0.39 is 6.29 Å². The number of nitrogens with one attached hydrogen (secondary N) is 1. The van der Waals surface area contributed by atoms with Crippen LogP contribution in [0.4, 0.5) is 0 Å². The van der Waals surface area contributed by atoms with Crippen molar-refractivity contribution in [2.45, 2.75) is 45.1 Å². The summed E-state index contributed by atoms with van der Waals surface area (Å²) in [5.41, 5.74) is 0.877. The number of carbonyl (C=O) groups excluding carboxylic acids is 1. The summed E-state index contributed by atoms with van der Waals surface area (Å²) in [4.78, 5) is 20.4. The average Bonchev–Trinajstić information content (AvgIpc) is 2.85. The molecule has 34 heavy (non-hydrogen) atoms. The number of para-hydroxylation sites is 1. The Morgan fingerprint density at radius 1 is 1.15 bits per heavy atom. The fraction of sp³-hybridized carbons (Fsp3) is 0.600. The van der Waals surface area contributed by atoms with Crippen molar-refractivity contribution in [1.29, 1.82) is 0 Å². The lowest BCUT2D eigenvalue weighted by atomic mass is 10.0. The zero-order valence-electron chi connectivity index (χ0n) is 20.8. The van der Waals surface area contributed by atoms with Gasteiger partial charge in [0, 0.05) is 51.4 Å². The zero-order chi connectivity index (χ0) is 24.5. The second-order valence-corrected chi connectivity index (χ2v) is 8.52. The van der Waals surface area contributed by atoms with Gasteiger partial charge < -0.3 is 33.9 Å². The highest BCUT2D eigenvalue weighted by molar-refractivity contribution is 5.98. The van der Waals surface area contributed by atoms with Crippen molar-refractivity contribution in [1.82, 2.24) is 15.2 Å². The third-order valence-electron chi connectivity index (χ3n) is 5.88. The van der Waals surface area contributed by atoms with Crippen LogP contribution >= 0.6 is 0 Å². The van der Waals surface area contributed by atoms with Crippen molar-refractivity contribution in [3.8, 4) is 11.5 Å². The molecule has 1 atom stereocenters. The minimum atomic E-state index is -0.521. The molecule has 0 saturated carbocycles. The fourth-order valence-electron chi connectivity index (χ4n) is 4.19. The van der Waals surface area contributed by atoms with Crippen molar-refractivity contribution in [3.63, 3.8) is 0 Å². The Hall–Kier alpha value is -2.46. The molecule has 1 aliphatic rings. The van der Waals surface area contributed by atoms with Gasteiger partial charge in [-0.3, -0.25) is 4.79 Å². The van der Waals surface area contributed by atoms with Gasteiger partial charge >= 0.3 is 0 Å². The largest absolute Gasteiger partial charge is 0.490 e. The van der Waals surface area contributed by atoms with E-state index in [4.69, 9.17) is 28.7 Å². The zero-order valence-corrected chi connectivity index (χ0v) is 20.8. The second-order valence-electron chi connectivity index (χ2n) is 8.52. The number of amides is 1. The van der Waals surface area contributed by atoms with Gasteiger partial charge in [0.25, 0.3) is 5.91 Å². The van der Waals surface area contributed by atoms with Crippen molar-refractivity contribution < 1.29 is 28.5 Å². The summed E-state index contributed by atoms with van der Waals surface area (Å²) in [6.07, 6.45) is 1.48. The van der Waals surface area contributed by atoms with Gasteiger partial charge in [0.15, 0.2) is 6.29 Å². The molecule has 1 aromatic carbocycles. The van der Waals surface area contributed by atoms with Gasteiger partial charge in [0.05, 0.1) is 6.61 Å². The minimum Gasteiger partial charge on any atom is -0.490 e. The molecule has 9 heteroatoms. The Kier molecular flexibility index (Phi) is 9.88. The number of piperidine rings is 1. The summed E-state index contributed by atoms with van der Waals surface area (Å²) in [5.74, 6) is 0.971. The van der Waals surface area contributed by atoms with E-state index in [1.165, 1.54) is 0 Å². The van der Waals surface area contributed by atoms with Crippen molar-refractivity contribution in [3.05, 3.63) is 30.0 Å². The quantitative estimate of drug-likeness (QED) is 0.370. The first kappa shape index (κ1) is 26.2. The Balaban J connectivity index is 2.01.